The zero-order valence-corrected chi connectivity index (χ0v) is 11.8. The molecule has 1 aliphatic carbocycles. The number of hydrogen-bond acceptors (Lipinski definition) is 4. The predicted molar refractivity (Wildman–Crippen MR) is 75.3 cm³/mol. The predicted octanol–water partition coefficient (Wildman–Crippen LogP) is 1.73. The molecule has 1 aromatic carbocycles. The van der Waals surface area contributed by atoms with Gasteiger partial charge in [0.2, 0.25) is 0 Å². The Morgan fingerprint density at radius 2 is 2.30 bits per heavy atom. The first kappa shape index (κ1) is 12.5. The third kappa shape index (κ3) is 1.55. The second-order valence-corrected chi connectivity index (χ2v) is 6.25. The number of methoxy groups -OCH3 is 1. The number of nitrogens with one attached hydrogen (secondary N) is 1. The first-order valence-corrected chi connectivity index (χ1v) is 7.50. The van der Waals surface area contributed by atoms with E-state index in [9.17, 15) is 5.11 Å². The van der Waals surface area contributed by atoms with Gasteiger partial charge in [0, 0.05) is 23.9 Å². The van der Waals surface area contributed by atoms with Crippen molar-refractivity contribution in [2.75, 3.05) is 13.7 Å². The molecular weight excluding hydrogens is 254 g/mol. The third-order valence-electron chi connectivity index (χ3n) is 5.28. The molecule has 1 fully saturated rings. The SMILES string of the molecule is COc1ccc2c3c1OC1CC(O)CCC31CCNC2. The van der Waals surface area contributed by atoms with E-state index in [4.69, 9.17) is 9.47 Å². The Morgan fingerprint density at radius 3 is 3.15 bits per heavy atom. The summed E-state index contributed by atoms with van der Waals surface area (Å²) in [7, 11) is 1.69. The lowest BCUT2D eigenvalue weighted by Crippen LogP contribution is -2.45. The maximum absolute atomic E-state index is 10.0. The maximum atomic E-state index is 10.0. The lowest BCUT2D eigenvalue weighted by molar-refractivity contribution is 0.0142. The highest BCUT2D eigenvalue weighted by Gasteiger charge is 2.53. The van der Waals surface area contributed by atoms with Crippen LogP contribution in [0.1, 0.15) is 36.8 Å². The quantitative estimate of drug-likeness (QED) is 0.819. The van der Waals surface area contributed by atoms with Gasteiger partial charge in [0.25, 0.3) is 0 Å². The van der Waals surface area contributed by atoms with Crippen molar-refractivity contribution >= 4 is 0 Å². The van der Waals surface area contributed by atoms with Crippen molar-refractivity contribution in [3.05, 3.63) is 23.3 Å². The zero-order valence-electron chi connectivity index (χ0n) is 11.8. The molecule has 4 nitrogen and oxygen atoms in total. The van der Waals surface area contributed by atoms with E-state index in [1.54, 1.807) is 7.11 Å². The Labute approximate surface area is 119 Å². The number of benzene rings is 1. The summed E-state index contributed by atoms with van der Waals surface area (Å²) in [6.07, 6.45) is 3.56. The Balaban J connectivity index is 1.91. The van der Waals surface area contributed by atoms with Crippen molar-refractivity contribution in [2.24, 2.45) is 0 Å². The fraction of sp³-hybridized carbons (Fsp3) is 0.625. The van der Waals surface area contributed by atoms with Crippen molar-refractivity contribution in [1.82, 2.24) is 5.32 Å². The number of aliphatic hydroxyl groups excluding tert-OH is 1. The summed E-state index contributed by atoms with van der Waals surface area (Å²) in [5, 5.41) is 13.5. The molecule has 1 aromatic rings. The van der Waals surface area contributed by atoms with Crippen LogP contribution in [0.5, 0.6) is 11.5 Å². The lowest BCUT2D eigenvalue weighted by atomic mass is 9.65. The average Bonchev–Trinajstić information content (AvgIpc) is 2.66. The molecule has 0 saturated heterocycles. The summed E-state index contributed by atoms with van der Waals surface area (Å²) in [5.41, 5.74) is 2.75. The van der Waals surface area contributed by atoms with E-state index < -0.39 is 0 Å². The smallest absolute Gasteiger partial charge is 0.165 e. The van der Waals surface area contributed by atoms with E-state index in [-0.39, 0.29) is 17.6 Å². The Morgan fingerprint density at radius 1 is 1.40 bits per heavy atom. The third-order valence-corrected chi connectivity index (χ3v) is 5.28. The zero-order chi connectivity index (χ0) is 13.7. The standard InChI is InChI=1S/C16H21NO3/c1-19-12-3-2-10-9-17-7-6-16-5-4-11(18)8-13(16)20-15(12)14(10)16/h2-3,11,13,17-18H,4-9H2,1H3. The molecule has 20 heavy (non-hydrogen) atoms. The summed E-state index contributed by atoms with van der Waals surface area (Å²) < 4.78 is 11.8. The van der Waals surface area contributed by atoms with E-state index in [2.05, 4.69) is 11.4 Å². The van der Waals surface area contributed by atoms with Gasteiger partial charge in [-0.15, -0.1) is 0 Å². The number of rotatable bonds is 1. The summed E-state index contributed by atoms with van der Waals surface area (Å²) in [6.45, 7) is 1.90. The van der Waals surface area contributed by atoms with Crippen LogP contribution in [-0.2, 0) is 12.0 Å². The molecule has 3 aliphatic rings. The Kier molecular flexibility index (Phi) is 2.72. The summed E-state index contributed by atoms with van der Waals surface area (Å²) in [5.74, 6) is 1.75. The molecule has 108 valence electrons. The van der Waals surface area contributed by atoms with Crippen molar-refractivity contribution in [2.45, 2.75) is 49.9 Å². The normalized spacial score (nSPS) is 34.7. The largest absolute Gasteiger partial charge is 0.493 e. The number of hydrogen-bond donors (Lipinski definition) is 2. The van der Waals surface area contributed by atoms with Crippen LogP contribution in [0.25, 0.3) is 0 Å². The minimum atomic E-state index is -0.231. The van der Waals surface area contributed by atoms with Crippen LogP contribution in [0.3, 0.4) is 0 Å². The van der Waals surface area contributed by atoms with Gasteiger partial charge >= 0.3 is 0 Å². The topological polar surface area (TPSA) is 50.7 Å². The molecule has 3 unspecified atom stereocenters. The fourth-order valence-corrected chi connectivity index (χ4v) is 4.29. The molecule has 4 rings (SSSR count). The Bertz CT molecular complexity index is 545. The van der Waals surface area contributed by atoms with Crippen LogP contribution >= 0.6 is 0 Å². The van der Waals surface area contributed by atoms with Crippen LogP contribution in [-0.4, -0.2) is 31.0 Å². The molecule has 1 spiro atoms. The van der Waals surface area contributed by atoms with Crippen molar-refractivity contribution in [3.63, 3.8) is 0 Å². The van der Waals surface area contributed by atoms with Crippen LogP contribution in [0.15, 0.2) is 12.1 Å². The Hall–Kier alpha value is -1.26. The number of ether oxygens (including phenoxy) is 2. The minimum absolute atomic E-state index is 0.0714. The van der Waals surface area contributed by atoms with Gasteiger partial charge in [0.1, 0.15) is 6.10 Å². The van der Waals surface area contributed by atoms with Gasteiger partial charge in [-0.3, -0.25) is 0 Å². The first-order chi connectivity index (χ1) is 9.74. The molecular formula is C16H21NO3. The average molecular weight is 275 g/mol. The van der Waals surface area contributed by atoms with E-state index in [1.807, 2.05) is 6.07 Å². The van der Waals surface area contributed by atoms with Crippen LogP contribution < -0.4 is 14.8 Å². The van der Waals surface area contributed by atoms with E-state index in [0.29, 0.717) is 0 Å². The lowest BCUT2D eigenvalue weighted by Gasteiger charge is -2.39. The summed E-state index contributed by atoms with van der Waals surface area (Å²) in [6, 6.07) is 4.16. The molecule has 2 N–H and O–H groups in total. The molecule has 2 aliphatic heterocycles. The van der Waals surface area contributed by atoms with Gasteiger partial charge in [0.15, 0.2) is 11.5 Å². The highest BCUT2D eigenvalue weighted by molar-refractivity contribution is 5.58. The molecule has 3 atom stereocenters. The summed E-state index contributed by atoms with van der Waals surface area (Å²) >= 11 is 0. The molecule has 0 amide bonds. The number of aliphatic hydroxyl groups is 1. The van der Waals surface area contributed by atoms with Gasteiger partial charge in [0.05, 0.1) is 13.2 Å². The second-order valence-electron chi connectivity index (χ2n) is 6.25. The van der Waals surface area contributed by atoms with Gasteiger partial charge < -0.3 is 19.9 Å². The van der Waals surface area contributed by atoms with Crippen LogP contribution in [0, 0.1) is 0 Å². The van der Waals surface area contributed by atoms with Gasteiger partial charge in [-0.05, 0) is 37.4 Å². The maximum Gasteiger partial charge on any atom is 0.165 e. The highest BCUT2D eigenvalue weighted by Crippen LogP contribution is 2.56. The molecule has 0 aromatic heterocycles. The van der Waals surface area contributed by atoms with E-state index in [1.165, 1.54) is 11.1 Å². The fourth-order valence-electron chi connectivity index (χ4n) is 4.29. The van der Waals surface area contributed by atoms with Gasteiger partial charge in [-0.2, -0.15) is 0 Å². The summed E-state index contributed by atoms with van der Waals surface area (Å²) in [4.78, 5) is 0. The van der Waals surface area contributed by atoms with E-state index in [0.717, 1.165) is 50.3 Å². The van der Waals surface area contributed by atoms with Crippen LogP contribution in [0.2, 0.25) is 0 Å². The molecule has 1 saturated carbocycles. The van der Waals surface area contributed by atoms with Gasteiger partial charge in [-0.1, -0.05) is 6.07 Å². The van der Waals surface area contributed by atoms with Crippen molar-refractivity contribution in [1.29, 1.82) is 0 Å². The van der Waals surface area contributed by atoms with Crippen molar-refractivity contribution < 1.29 is 14.6 Å². The van der Waals surface area contributed by atoms with E-state index >= 15 is 0 Å². The highest BCUT2D eigenvalue weighted by atomic mass is 16.5. The molecule has 4 heteroatoms. The van der Waals surface area contributed by atoms with Gasteiger partial charge in [-0.25, -0.2) is 0 Å². The first-order valence-electron chi connectivity index (χ1n) is 7.50. The minimum Gasteiger partial charge on any atom is -0.493 e. The second kappa shape index (κ2) is 4.37. The molecule has 0 radical (unpaired) electrons. The van der Waals surface area contributed by atoms with Crippen molar-refractivity contribution in [3.8, 4) is 11.5 Å². The monoisotopic (exact) mass is 275 g/mol. The molecule has 2 heterocycles. The van der Waals surface area contributed by atoms with Crippen LogP contribution in [0.4, 0.5) is 0 Å². The molecule has 0 bridgehead atoms.